The van der Waals surface area contributed by atoms with Crippen LogP contribution >= 0.6 is 0 Å². The first-order valence-corrected chi connectivity index (χ1v) is 20.6. The quantitative estimate of drug-likeness (QED) is 0.191. The topological polar surface area (TPSA) is 70.1 Å². The minimum atomic E-state index is -1.13. The Hall–Kier alpha value is -1.24. The molecular formula is C42H66N2O4. The highest BCUT2D eigenvalue weighted by molar-refractivity contribution is 5.90. The molecule has 7 fully saturated rings. The summed E-state index contributed by atoms with van der Waals surface area (Å²) in [6.45, 7) is 16.3. The molecule has 268 valence electrons. The Morgan fingerprint density at radius 2 is 1.73 bits per heavy atom. The average Bonchev–Trinajstić information content (AvgIpc) is 3.88. The summed E-state index contributed by atoms with van der Waals surface area (Å²) in [7, 11) is 0. The molecule has 6 nitrogen and oxygen atoms in total. The number of aldehydes is 1. The van der Waals surface area contributed by atoms with E-state index in [1.54, 1.807) is 0 Å². The van der Waals surface area contributed by atoms with Crippen LogP contribution in [-0.4, -0.2) is 78.6 Å². The molecule has 4 saturated carbocycles. The molecule has 5 aliphatic carbocycles. The maximum atomic E-state index is 14.2. The van der Waals surface area contributed by atoms with Crippen molar-refractivity contribution in [2.24, 2.45) is 69.5 Å². The third-order valence-electron chi connectivity index (χ3n) is 16.5. The van der Waals surface area contributed by atoms with Crippen LogP contribution in [0.1, 0.15) is 118 Å². The van der Waals surface area contributed by atoms with Gasteiger partial charge in [-0.15, -0.1) is 0 Å². The van der Waals surface area contributed by atoms with Gasteiger partial charge in [0, 0.05) is 25.0 Å². The van der Waals surface area contributed by atoms with Crippen molar-refractivity contribution >= 4 is 12.3 Å². The van der Waals surface area contributed by atoms with Gasteiger partial charge in [0.15, 0.2) is 0 Å². The van der Waals surface area contributed by atoms with Crippen LogP contribution in [0.25, 0.3) is 0 Å². The first-order valence-electron chi connectivity index (χ1n) is 20.6. The molecule has 3 saturated heterocycles. The summed E-state index contributed by atoms with van der Waals surface area (Å²) >= 11 is 0. The number of ether oxygens (including phenoxy) is 1. The van der Waals surface area contributed by atoms with Gasteiger partial charge in [-0.25, -0.2) is 0 Å². The first kappa shape index (κ1) is 33.9. The van der Waals surface area contributed by atoms with E-state index in [1.165, 1.54) is 83.7 Å². The van der Waals surface area contributed by atoms with Gasteiger partial charge in [-0.2, -0.15) is 0 Å². The molecule has 6 heteroatoms. The maximum absolute atomic E-state index is 14.2. The molecule has 0 amide bonds. The van der Waals surface area contributed by atoms with Crippen molar-refractivity contribution in [3.05, 3.63) is 11.6 Å². The second-order valence-electron chi connectivity index (χ2n) is 19.2. The summed E-state index contributed by atoms with van der Waals surface area (Å²) in [4.78, 5) is 33.3. The van der Waals surface area contributed by atoms with Crippen molar-refractivity contribution < 1.29 is 19.4 Å². The van der Waals surface area contributed by atoms with Crippen LogP contribution in [0.15, 0.2) is 11.6 Å². The predicted octanol–water partition coefficient (Wildman–Crippen LogP) is 7.71. The Bertz CT molecular complexity index is 1250. The zero-order valence-electron chi connectivity index (χ0n) is 30.7. The zero-order valence-corrected chi connectivity index (χ0v) is 30.7. The normalized spacial score (nSPS) is 46.8. The Balaban J connectivity index is 1.07. The largest absolute Gasteiger partial charge is 0.481 e. The van der Waals surface area contributed by atoms with Crippen molar-refractivity contribution in [3.63, 3.8) is 0 Å². The zero-order chi connectivity index (χ0) is 33.4. The summed E-state index contributed by atoms with van der Waals surface area (Å²) in [6, 6.07) is 0. The molecule has 8 aliphatic rings. The van der Waals surface area contributed by atoms with Crippen molar-refractivity contribution in [3.8, 4) is 0 Å². The molecule has 0 aromatic carbocycles. The SMILES string of the molecule is CC1CCCN(CC2CCN(C[C@@H]3O[C@@H](C45C[C@@H]6[C@H](C)CC[C@H]6C6(C=O)CC4C=C(C(C)C)[C@]65C(=O)O)C[C@H]3CC3CCCC3)CC2)C1. The second-order valence-corrected chi connectivity index (χ2v) is 19.2. The fourth-order valence-corrected chi connectivity index (χ4v) is 14.5. The molecule has 11 atom stereocenters. The summed E-state index contributed by atoms with van der Waals surface area (Å²) in [5, 5.41) is 11.6. The van der Waals surface area contributed by atoms with Crippen LogP contribution in [0.4, 0.5) is 0 Å². The second kappa shape index (κ2) is 12.8. The van der Waals surface area contributed by atoms with Crippen molar-refractivity contribution in [1.82, 2.24) is 9.80 Å². The monoisotopic (exact) mass is 663 g/mol. The van der Waals surface area contributed by atoms with Crippen LogP contribution in [0.2, 0.25) is 0 Å². The molecular weight excluding hydrogens is 596 g/mol. The van der Waals surface area contributed by atoms with E-state index >= 15 is 0 Å². The van der Waals surface area contributed by atoms with E-state index in [-0.39, 0.29) is 30.0 Å². The van der Waals surface area contributed by atoms with Gasteiger partial charge in [0.05, 0.1) is 17.6 Å². The number of nitrogens with zero attached hydrogens (tertiary/aromatic N) is 2. The average molecular weight is 663 g/mol. The van der Waals surface area contributed by atoms with Gasteiger partial charge in [0.2, 0.25) is 0 Å². The lowest BCUT2D eigenvalue weighted by atomic mass is 9.41. The van der Waals surface area contributed by atoms with E-state index in [0.717, 1.165) is 68.6 Å². The molecule has 48 heavy (non-hydrogen) atoms. The minimum Gasteiger partial charge on any atom is -0.481 e. The standard InChI is InChI=1S/C42H66N2O4/c1-27(2)36-20-33-21-40(26-45)35-12-11-29(4)34(35)22-41(33,42(36,40)39(46)47)38-19-32(18-30-9-5-6-10-30)37(48-38)25-43-16-13-31(14-17-43)24-44-15-7-8-28(3)23-44/h20,26-35,37-38H,5-19,21-25H2,1-4H3,(H,46,47)/t28?,29-,32-,33?,34-,35-,37+,38-,40?,41?,42+/m1/s1. The van der Waals surface area contributed by atoms with Gasteiger partial charge < -0.3 is 24.4 Å². The maximum Gasteiger partial charge on any atom is 0.315 e. The Morgan fingerprint density at radius 3 is 2.42 bits per heavy atom. The number of piperidine rings is 2. The Labute approximate surface area is 291 Å². The molecule has 0 aromatic rings. The Kier molecular flexibility index (Phi) is 9.01. The third kappa shape index (κ3) is 4.94. The number of hydrogen-bond acceptors (Lipinski definition) is 5. The van der Waals surface area contributed by atoms with E-state index < -0.39 is 22.2 Å². The number of hydrogen-bond donors (Lipinski definition) is 1. The lowest BCUT2D eigenvalue weighted by Crippen LogP contribution is -2.65. The lowest BCUT2D eigenvalue weighted by Gasteiger charge is -2.60. The highest BCUT2D eigenvalue weighted by Crippen LogP contribution is 2.84. The molecule has 4 unspecified atom stereocenters. The van der Waals surface area contributed by atoms with E-state index in [9.17, 15) is 14.7 Å². The van der Waals surface area contributed by atoms with E-state index in [0.29, 0.717) is 24.2 Å². The van der Waals surface area contributed by atoms with Crippen molar-refractivity contribution in [2.45, 2.75) is 130 Å². The van der Waals surface area contributed by atoms with Gasteiger partial charge in [-0.05, 0) is 131 Å². The van der Waals surface area contributed by atoms with Crippen molar-refractivity contribution in [2.75, 3.05) is 39.3 Å². The smallest absolute Gasteiger partial charge is 0.315 e. The molecule has 0 radical (unpaired) electrons. The number of allylic oxidation sites excluding steroid dienone is 1. The number of aliphatic carboxylic acids is 1. The number of rotatable bonds is 10. The van der Waals surface area contributed by atoms with Crippen LogP contribution < -0.4 is 0 Å². The Morgan fingerprint density at radius 1 is 0.958 bits per heavy atom. The number of fused-ring (bicyclic) bond motifs is 2. The molecule has 8 rings (SSSR count). The van der Waals surface area contributed by atoms with E-state index in [2.05, 4.69) is 43.6 Å². The van der Waals surface area contributed by atoms with Gasteiger partial charge in [0.1, 0.15) is 11.7 Å². The van der Waals surface area contributed by atoms with Crippen LogP contribution in [-0.2, 0) is 14.3 Å². The van der Waals surface area contributed by atoms with Gasteiger partial charge in [0.25, 0.3) is 0 Å². The first-order chi connectivity index (χ1) is 23.1. The fraction of sp³-hybridized carbons (Fsp3) is 0.905. The van der Waals surface area contributed by atoms with E-state index in [4.69, 9.17) is 4.74 Å². The molecule has 1 N–H and O–H groups in total. The summed E-state index contributed by atoms with van der Waals surface area (Å²) in [5.74, 6) is 3.58. The third-order valence-corrected chi connectivity index (χ3v) is 16.5. The van der Waals surface area contributed by atoms with Crippen LogP contribution in [0.5, 0.6) is 0 Å². The molecule has 0 aromatic heterocycles. The van der Waals surface area contributed by atoms with Crippen LogP contribution in [0, 0.1) is 69.5 Å². The highest BCUT2D eigenvalue weighted by Gasteiger charge is 2.86. The molecule has 3 aliphatic heterocycles. The minimum absolute atomic E-state index is 0.0864. The summed E-state index contributed by atoms with van der Waals surface area (Å²) in [6.07, 6.45) is 20.3. The van der Waals surface area contributed by atoms with Gasteiger partial charge in [-0.1, -0.05) is 71.4 Å². The summed E-state index contributed by atoms with van der Waals surface area (Å²) < 4.78 is 7.50. The van der Waals surface area contributed by atoms with Gasteiger partial charge >= 0.3 is 5.97 Å². The number of likely N-dealkylation sites (tertiary alicyclic amines) is 2. The predicted molar refractivity (Wildman–Crippen MR) is 189 cm³/mol. The van der Waals surface area contributed by atoms with Gasteiger partial charge in [-0.3, -0.25) is 4.79 Å². The molecule has 0 spiro atoms. The number of carbonyl (C=O) groups is 2. The number of carbonyl (C=O) groups excluding carboxylic acids is 1. The van der Waals surface area contributed by atoms with Crippen molar-refractivity contribution in [1.29, 1.82) is 0 Å². The lowest BCUT2D eigenvalue weighted by molar-refractivity contribution is -0.197. The van der Waals surface area contributed by atoms with Crippen LogP contribution in [0.3, 0.4) is 0 Å². The summed E-state index contributed by atoms with van der Waals surface area (Å²) in [5.41, 5.74) is -1.39. The number of carboxylic acids is 1. The fourth-order valence-electron chi connectivity index (χ4n) is 14.5. The molecule has 4 bridgehead atoms. The highest BCUT2D eigenvalue weighted by atomic mass is 16.5. The molecule has 3 heterocycles. The van der Waals surface area contributed by atoms with E-state index in [1.807, 2.05) is 0 Å². The number of carboxylic acid groups (broad SMARTS) is 1.